The molecule has 1 saturated carbocycles. The number of hydrogen-bond donors (Lipinski definition) is 2. The molecule has 25 heavy (non-hydrogen) atoms. The highest BCUT2D eigenvalue weighted by Crippen LogP contribution is 2.25. The van der Waals surface area contributed by atoms with E-state index in [2.05, 4.69) is 10.6 Å². The van der Waals surface area contributed by atoms with Gasteiger partial charge in [0.2, 0.25) is 0 Å². The number of imide groups is 1. The Labute approximate surface area is 149 Å². The molecule has 6 nitrogen and oxygen atoms in total. The lowest BCUT2D eigenvalue weighted by Crippen LogP contribution is -2.46. The Balaban J connectivity index is 1.44. The Morgan fingerprint density at radius 1 is 1.12 bits per heavy atom. The average Bonchev–Trinajstić information content (AvgIpc) is 3.04. The summed E-state index contributed by atoms with van der Waals surface area (Å²) in [4.78, 5) is 36.0. The first kappa shape index (κ1) is 17.4. The van der Waals surface area contributed by atoms with Crippen LogP contribution >= 0.6 is 11.3 Å². The minimum Gasteiger partial charge on any atom is -0.451 e. The third kappa shape index (κ3) is 4.79. The molecule has 0 bridgehead atoms. The Morgan fingerprint density at radius 2 is 1.88 bits per heavy atom. The maximum absolute atomic E-state index is 12.0. The van der Waals surface area contributed by atoms with Crippen molar-refractivity contribution < 1.29 is 19.1 Å². The van der Waals surface area contributed by atoms with E-state index < -0.39 is 24.5 Å². The summed E-state index contributed by atoms with van der Waals surface area (Å²) in [5.41, 5.74) is 0. The van der Waals surface area contributed by atoms with Crippen molar-refractivity contribution >= 4 is 39.3 Å². The molecule has 0 radical (unpaired) electrons. The molecule has 1 aromatic heterocycles. The molecule has 0 unspecified atom stereocenters. The van der Waals surface area contributed by atoms with Crippen molar-refractivity contribution in [3.63, 3.8) is 0 Å². The van der Waals surface area contributed by atoms with Crippen molar-refractivity contribution in [3.05, 3.63) is 35.2 Å². The molecule has 0 saturated heterocycles. The molecule has 0 atom stereocenters. The largest absolute Gasteiger partial charge is 0.451 e. The molecule has 3 amide bonds. The molecule has 0 aliphatic heterocycles. The van der Waals surface area contributed by atoms with Gasteiger partial charge in [0.25, 0.3) is 5.91 Å². The van der Waals surface area contributed by atoms with Gasteiger partial charge in [-0.3, -0.25) is 10.1 Å². The second-order valence-corrected chi connectivity index (χ2v) is 7.16. The third-order valence-corrected chi connectivity index (χ3v) is 5.25. The van der Waals surface area contributed by atoms with Gasteiger partial charge in [0.15, 0.2) is 6.61 Å². The van der Waals surface area contributed by atoms with Crippen LogP contribution in [0.2, 0.25) is 0 Å². The number of amides is 3. The molecular weight excluding hydrogens is 340 g/mol. The van der Waals surface area contributed by atoms with E-state index >= 15 is 0 Å². The number of nitrogens with one attached hydrogen (secondary N) is 2. The summed E-state index contributed by atoms with van der Waals surface area (Å²) >= 11 is 1.31. The van der Waals surface area contributed by atoms with Crippen molar-refractivity contribution in [1.82, 2.24) is 10.6 Å². The Bertz CT molecular complexity index is 747. The molecule has 1 heterocycles. The van der Waals surface area contributed by atoms with Gasteiger partial charge in [-0.05, 0) is 30.4 Å². The predicted molar refractivity (Wildman–Crippen MR) is 95.7 cm³/mol. The van der Waals surface area contributed by atoms with Crippen molar-refractivity contribution in [2.45, 2.75) is 38.1 Å². The molecule has 7 heteroatoms. The summed E-state index contributed by atoms with van der Waals surface area (Å²) < 4.78 is 5.97. The molecule has 2 aromatic rings. The van der Waals surface area contributed by atoms with E-state index in [0.717, 1.165) is 35.8 Å². The van der Waals surface area contributed by atoms with E-state index in [1.54, 1.807) is 6.07 Å². The zero-order valence-corrected chi connectivity index (χ0v) is 14.6. The summed E-state index contributed by atoms with van der Waals surface area (Å²) in [5.74, 6) is -1.20. The lowest BCUT2D eigenvalue weighted by Gasteiger charge is -2.22. The van der Waals surface area contributed by atoms with Gasteiger partial charge in [0.1, 0.15) is 4.88 Å². The van der Waals surface area contributed by atoms with Gasteiger partial charge in [0, 0.05) is 10.7 Å². The molecule has 1 aliphatic rings. The average molecular weight is 360 g/mol. The standard InChI is InChI=1S/C18H20N2O4S/c21-16(20-18(23)19-13-7-2-1-3-8-13)11-24-17(22)15-10-12-6-4-5-9-14(12)25-15/h4-6,9-10,13H,1-3,7-8,11H2,(H2,19,20,21,23). The predicted octanol–water partition coefficient (Wildman–Crippen LogP) is 3.22. The van der Waals surface area contributed by atoms with Crippen LogP contribution in [0.5, 0.6) is 0 Å². The van der Waals surface area contributed by atoms with E-state index in [0.29, 0.717) is 4.88 Å². The zero-order valence-electron chi connectivity index (χ0n) is 13.7. The molecule has 2 N–H and O–H groups in total. The molecule has 1 fully saturated rings. The number of thiophene rings is 1. The molecule has 1 aliphatic carbocycles. The summed E-state index contributed by atoms with van der Waals surface area (Å²) in [6, 6.07) is 8.92. The van der Waals surface area contributed by atoms with Crippen LogP contribution in [-0.4, -0.2) is 30.6 Å². The Kier molecular flexibility index (Phi) is 5.65. The van der Waals surface area contributed by atoms with Gasteiger partial charge in [-0.15, -0.1) is 11.3 Å². The fourth-order valence-corrected chi connectivity index (χ4v) is 3.87. The monoisotopic (exact) mass is 360 g/mol. The second kappa shape index (κ2) is 8.11. The number of carbonyl (C=O) groups excluding carboxylic acids is 3. The molecule has 132 valence electrons. The number of esters is 1. The van der Waals surface area contributed by atoms with Gasteiger partial charge >= 0.3 is 12.0 Å². The van der Waals surface area contributed by atoms with Crippen LogP contribution in [0.25, 0.3) is 10.1 Å². The van der Waals surface area contributed by atoms with Crippen molar-refractivity contribution in [2.24, 2.45) is 0 Å². The van der Waals surface area contributed by atoms with E-state index in [1.165, 1.54) is 17.8 Å². The second-order valence-electron chi connectivity index (χ2n) is 6.08. The van der Waals surface area contributed by atoms with Crippen LogP contribution in [0.3, 0.4) is 0 Å². The molecule has 3 rings (SSSR count). The highest BCUT2D eigenvalue weighted by Gasteiger charge is 2.18. The lowest BCUT2D eigenvalue weighted by atomic mass is 9.96. The van der Waals surface area contributed by atoms with E-state index in [1.807, 2.05) is 24.3 Å². The third-order valence-electron chi connectivity index (χ3n) is 4.15. The van der Waals surface area contributed by atoms with E-state index in [-0.39, 0.29) is 6.04 Å². The van der Waals surface area contributed by atoms with Crippen molar-refractivity contribution in [3.8, 4) is 0 Å². The van der Waals surface area contributed by atoms with Crippen molar-refractivity contribution in [1.29, 1.82) is 0 Å². The normalized spacial score (nSPS) is 14.9. The van der Waals surface area contributed by atoms with Gasteiger partial charge in [-0.2, -0.15) is 0 Å². The van der Waals surface area contributed by atoms with Crippen LogP contribution in [0.4, 0.5) is 4.79 Å². The topological polar surface area (TPSA) is 84.5 Å². The SMILES string of the molecule is O=C(COC(=O)c1cc2ccccc2s1)NC(=O)NC1CCCCC1. The smallest absolute Gasteiger partial charge is 0.348 e. The minimum atomic E-state index is -0.636. The van der Waals surface area contributed by atoms with Gasteiger partial charge in [-0.1, -0.05) is 37.5 Å². The molecular formula is C18H20N2O4S. The lowest BCUT2D eigenvalue weighted by molar-refractivity contribution is -0.123. The molecule has 1 aromatic carbocycles. The minimum absolute atomic E-state index is 0.114. The van der Waals surface area contributed by atoms with Crippen LogP contribution in [-0.2, 0) is 9.53 Å². The van der Waals surface area contributed by atoms with Gasteiger partial charge in [0.05, 0.1) is 0 Å². The Morgan fingerprint density at radius 3 is 2.64 bits per heavy atom. The fourth-order valence-electron chi connectivity index (χ4n) is 2.92. The number of rotatable bonds is 4. The Hall–Kier alpha value is -2.41. The van der Waals surface area contributed by atoms with Crippen LogP contribution in [0, 0.1) is 0 Å². The van der Waals surface area contributed by atoms with Gasteiger partial charge < -0.3 is 10.1 Å². The summed E-state index contributed by atoms with van der Waals surface area (Å²) in [6.07, 6.45) is 5.23. The fraction of sp³-hybridized carbons (Fsp3) is 0.389. The van der Waals surface area contributed by atoms with E-state index in [4.69, 9.17) is 4.74 Å². The van der Waals surface area contributed by atoms with Crippen LogP contribution in [0.1, 0.15) is 41.8 Å². The number of carbonyl (C=O) groups is 3. The number of benzene rings is 1. The number of hydrogen-bond acceptors (Lipinski definition) is 5. The maximum Gasteiger partial charge on any atom is 0.348 e. The first-order valence-corrected chi connectivity index (χ1v) is 9.19. The van der Waals surface area contributed by atoms with Crippen molar-refractivity contribution in [2.75, 3.05) is 6.61 Å². The van der Waals surface area contributed by atoms with Crippen LogP contribution in [0.15, 0.2) is 30.3 Å². The number of urea groups is 1. The highest BCUT2D eigenvalue weighted by molar-refractivity contribution is 7.20. The first-order valence-electron chi connectivity index (χ1n) is 8.38. The van der Waals surface area contributed by atoms with Crippen LogP contribution < -0.4 is 10.6 Å². The summed E-state index contributed by atoms with van der Waals surface area (Å²) in [7, 11) is 0. The number of fused-ring (bicyclic) bond motifs is 1. The maximum atomic E-state index is 12.0. The van der Waals surface area contributed by atoms with Gasteiger partial charge in [-0.25, -0.2) is 9.59 Å². The van der Waals surface area contributed by atoms with E-state index in [9.17, 15) is 14.4 Å². The zero-order chi connectivity index (χ0) is 17.6. The quantitative estimate of drug-likeness (QED) is 0.820. The summed E-state index contributed by atoms with van der Waals surface area (Å²) in [6.45, 7) is -0.481. The summed E-state index contributed by atoms with van der Waals surface area (Å²) in [5, 5.41) is 5.93. The molecule has 0 spiro atoms. The first-order chi connectivity index (χ1) is 12.1. The number of ether oxygens (including phenoxy) is 1. The highest BCUT2D eigenvalue weighted by atomic mass is 32.1.